The summed E-state index contributed by atoms with van der Waals surface area (Å²) in [4.78, 5) is 23.7. The number of nitrogens with one attached hydrogen (secondary N) is 1. The van der Waals surface area contributed by atoms with Gasteiger partial charge in [0, 0.05) is 11.1 Å². The maximum absolute atomic E-state index is 12.6. The van der Waals surface area contributed by atoms with Gasteiger partial charge in [0.1, 0.15) is 5.60 Å². The smallest absolute Gasteiger partial charge is 0.305 e. The number of carboxylic acids is 1. The predicted molar refractivity (Wildman–Crippen MR) is 98.5 cm³/mol. The van der Waals surface area contributed by atoms with Gasteiger partial charge in [-0.2, -0.15) is 0 Å². The first-order valence-electron chi connectivity index (χ1n) is 8.18. The van der Waals surface area contributed by atoms with Crippen LogP contribution in [0.2, 0.25) is 0 Å². The molecule has 1 unspecified atom stereocenters. The quantitative estimate of drug-likeness (QED) is 0.723. The van der Waals surface area contributed by atoms with Crippen LogP contribution in [0.3, 0.4) is 0 Å². The maximum Gasteiger partial charge on any atom is 0.305 e. The Morgan fingerprint density at radius 1 is 1.12 bits per heavy atom. The summed E-state index contributed by atoms with van der Waals surface area (Å²) in [5.74, 6) is 4.14. The van der Waals surface area contributed by atoms with Crippen molar-refractivity contribution in [2.24, 2.45) is 0 Å². The van der Waals surface area contributed by atoms with Gasteiger partial charge in [0.2, 0.25) is 0 Å². The summed E-state index contributed by atoms with van der Waals surface area (Å²) >= 11 is 0. The van der Waals surface area contributed by atoms with Gasteiger partial charge in [0.25, 0.3) is 5.91 Å². The second-order valence-corrected chi connectivity index (χ2v) is 6.42. The average Bonchev–Trinajstić information content (AvgIpc) is 2.59. The highest BCUT2D eigenvalue weighted by atomic mass is 16.4. The molecule has 2 rings (SSSR count). The standard InChI is InChI=1S/C21H21NO4/c1-21(2,26)12-11-15-7-6-10-17(13-15)20(25)22-18(14-19(23)24)16-8-4-3-5-9-16/h3-10,13,18,26H,14H2,1-2H3,(H,22,25)(H,23,24). The molecule has 0 fully saturated rings. The molecule has 0 saturated heterocycles. The summed E-state index contributed by atoms with van der Waals surface area (Å²) in [6.45, 7) is 3.15. The van der Waals surface area contributed by atoms with Gasteiger partial charge >= 0.3 is 5.97 Å². The molecule has 0 saturated carbocycles. The molecule has 0 heterocycles. The molecule has 5 heteroatoms. The summed E-state index contributed by atoms with van der Waals surface area (Å²) in [6, 6.07) is 15.0. The first-order valence-corrected chi connectivity index (χ1v) is 8.18. The number of aliphatic carboxylic acids is 1. The zero-order valence-electron chi connectivity index (χ0n) is 14.7. The molecule has 1 amide bonds. The third kappa shape index (κ3) is 6.08. The highest BCUT2D eigenvalue weighted by Crippen LogP contribution is 2.17. The first kappa shape index (κ1) is 19.2. The van der Waals surface area contributed by atoms with E-state index in [1.54, 1.807) is 62.4 Å². The molecule has 2 aromatic rings. The molecular weight excluding hydrogens is 330 g/mol. The van der Waals surface area contributed by atoms with Crippen molar-refractivity contribution in [3.8, 4) is 11.8 Å². The third-order valence-electron chi connectivity index (χ3n) is 3.52. The second-order valence-electron chi connectivity index (χ2n) is 6.42. The minimum Gasteiger partial charge on any atom is -0.481 e. The van der Waals surface area contributed by atoms with Gasteiger partial charge in [-0.1, -0.05) is 48.2 Å². The van der Waals surface area contributed by atoms with Crippen LogP contribution >= 0.6 is 0 Å². The van der Waals surface area contributed by atoms with Crippen molar-refractivity contribution in [2.45, 2.75) is 31.9 Å². The zero-order chi connectivity index (χ0) is 19.2. The van der Waals surface area contributed by atoms with E-state index in [-0.39, 0.29) is 12.3 Å². The van der Waals surface area contributed by atoms with E-state index >= 15 is 0 Å². The van der Waals surface area contributed by atoms with Crippen LogP contribution in [0.5, 0.6) is 0 Å². The normalized spacial score (nSPS) is 11.8. The number of hydrogen-bond acceptors (Lipinski definition) is 3. The number of carboxylic acid groups (broad SMARTS) is 1. The highest BCUT2D eigenvalue weighted by Gasteiger charge is 2.19. The van der Waals surface area contributed by atoms with Gasteiger partial charge in [-0.3, -0.25) is 9.59 Å². The summed E-state index contributed by atoms with van der Waals surface area (Å²) in [6.07, 6.45) is -0.214. The molecule has 0 aliphatic heterocycles. The fraction of sp³-hybridized carbons (Fsp3) is 0.238. The number of benzene rings is 2. The van der Waals surface area contributed by atoms with Gasteiger partial charge in [0.05, 0.1) is 12.5 Å². The third-order valence-corrected chi connectivity index (χ3v) is 3.52. The lowest BCUT2D eigenvalue weighted by Gasteiger charge is -2.17. The number of hydrogen-bond donors (Lipinski definition) is 3. The van der Waals surface area contributed by atoms with Crippen molar-refractivity contribution in [1.82, 2.24) is 5.32 Å². The van der Waals surface area contributed by atoms with Crippen molar-refractivity contribution in [3.63, 3.8) is 0 Å². The summed E-state index contributed by atoms with van der Waals surface area (Å²) in [5, 5.41) is 21.6. The van der Waals surface area contributed by atoms with E-state index in [2.05, 4.69) is 17.2 Å². The van der Waals surface area contributed by atoms with Crippen LogP contribution in [0.15, 0.2) is 54.6 Å². The van der Waals surface area contributed by atoms with E-state index in [0.29, 0.717) is 11.1 Å². The topological polar surface area (TPSA) is 86.6 Å². The monoisotopic (exact) mass is 351 g/mol. The summed E-state index contributed by atoms with van der Waals surface area (Å²) in [5.41, 5.74) is 0.562. The van der Waals surface area contributed by atoms with E-state index in [1.165, 1.54) is 0 Å². The molecular formula is C21H21NO4. The van der Waals surface area contributed by atoms with E-state index in [4.69, 9.17) is 5.11 Å². The van der Waals surface area contributed by atoms with Crippen LogP contribution in [0.4, 0.5) is 0 Å². The van der Waals surface area contributed by atoms with Crippen LogP contribution in [0.25, 0.3) is 0 Å². The number of carbonyl (C=O) groups is 2. The number of amides is 1. The molecule has 2 aromatic carbocycles. The van der Waals surface area contributed by atoms with E-state index in [9.17, 15) is 14.7 Å². The molecule has 26 heavy (non-hydrogen) atoms. The number of rotatable bonds is 5. The Morgan fingerprint density at radius 2 is 1.81 bits per heavy atom. The largest absolute Gasteiger partial charge is 0.481 e. The molecule has 3 N–H and O–H groups in total. The van der Waals surface area contributed by atoms with Crippen molar-refractivity contribution in [3.05, 3.63) is 71.3 Å². The SMILES string of the molecule is CC(C)(O)C#Cc1cccc(C(=O)NC(CC(=O)O)c2ccccc2)c1. The highest BCUT2D eigenvalue weighted by molar-refractivity contribution is 5.95. The van der Waals surface area contributed by atoms with Crippen LogP contribution in [0, 0.1) is 11.8 Å². The average molecular weight is 351 g/mol. The van der Waals surface area contributed by atoms with Crippen LogP contribution < -0.4 is 5.32 Å². The van der Waals surface area contributed by atoms with Gasteiger partial charge in [0.15, 0.2) is 0 Å². The van der Waals surface area contributed by atoms with Gasteiger partial charge in [-0.25, -0.2) is 0 Å². The van der Waals surface area contributed by atoms with E-state index in [1.807, 2.05) is 6.07 Å². The van der Waals surface area contributed by atoms with Crippen molar-refractivity contribution in [1.29, 1.82) is 0 Å². The molecule has 0 bridgehead atoms. The van der Waals surface area contributed by atoms with Crippen molar-refractivity contribution < 1.29 is 19.8 Å². The van der Waals surface area contributed by atoms with Crippen LogP contribution in [-0.2, 0) is 4.79 Å². The minimum absolute atomic E-state index is 0.214. The lowest BCUT2D eigenvalue weighted by Crippen LogP contribution is -2.30. The fourth-order valence-corrected chi connectivity index (χ4v) is 2.32. The summed E-state index contributed by atoms with van der Waals surface area (Å²) < 4.78 is 0. The Hall–Kier alpha value is -3.10. The maximum atomic E-state index is 12.6. The Balaban J connectivity index is 2.21. The zero-order valence-corrected chi connectivity index (χ0v) is 14.7. The molecule has 0 aromatic heterocycles. The molecule has 0 aliphatic rings. The van der Waals surface area contributed by atoms with Gasteiger partial charge in [-0.15, -0.1) is 0 Å². The Labute approximate surface area is 152 Å². The lowest BCUT2D eigenvalue weighted by molar-refractivity contribution is -0.137. The molecule has 0 aliphatic carbocycles. The van der Waals surface area contributed by atoms with Crippen molar-refractivity contribution in [2.75, 3.05) is 0 Å². The Kier molecular flexibility index (Phi) is 6.16. The number of carbonyl (C=O) groups excluding carboxylic acids is 1. The van der Waals surface area contributed by atoms with Crippen molar-refractivity contribution >= 4 is 11.9 Å². The lowest BCUT2D eigenvalue weighted by atomic mass is 10.0. The van der Waals surface area contributed by atoms with Gasteiger partial charge in [-0.05, 0) is 37.6 Å². The molecule has 134 valence electrons. The van der Waals surface area contributed by atoms with E-state index in [0.717, 1.165) is 5.56 Å². The molecule has 0 spiro atoms. The predicted octanol–water partition coefficient (Wildman–Crippen LogP) is 2.75. The summed E-state index contributed by atoms with van der Waals surface area (Å²) in [7, 11) is 0. The van der Waals surface area contributed by atoms with Crippen LogP contribution in [0.1, 0.15) is 47.8 Å². The molecule has 0 radical (unpaired) electrons. The van der Waals surface area contributed by atoms with E-state index < -0.39 is 17.6 Å². The molecule has 5 nitrogen and oxygen atoms in total. The van der Waals surface area contributed by atoms with Crippen LogP contribution in [-0.4, -0.2) is 27.7 Å². The second kappa shape index (κ2) is 8.32. The number of aliphatic hydroxyl groups is 1. The molecule has 1 atom stereocenters. The Morgan fingerprint density at radius 3 is 2.42 bits per heavy atom. The van der Waals surface area contributed by atoms with Gasteiger partial charge < -0.3 is 15.5 Å². The Bertz CT molecular complexity index is 842. The minimum atomic E-state index is -1.13. The fourth-order valence-electron chi connectivity index (χ4n) is 2.32. The first-order chi connectivity index (χ1) is 12.2.